The van der Waals surface area contributed by atoms with Gasteiger partial charge in [-0.1, -0.05) is 62.9 Å². The van der Waals surface area contributed by atoms with E-state index in [1.54, 1.807) is 0 Å². The average Bonchev–Trinajstić information content (AvgIpc) is 3.08. The molecule has 0 aliphatic rings. The third-order valence-electron chi connectivity index (χ3n) is 4.49. The molecule has 1 aromatic heterocycles. The number of hydrogen-bond donors (Lipinski definition) is 2. The number of urea groups is 1. The Hall–Kier alpha value is -2.39. The highest BCUT2D eigenvalue weighted by atomic mass is 32.2. The molecule has 1 unspecified atom stereocenters. The van der Waals surface area contributed by atoms with Crippen LogP contribution >= 0.6 is 11.8 Å². The zero-order valence-electron chi connectivity index (χ0n) is 18.4. The van der Waals surface area contributed by atoms with Crippen LogP contribution in [0.2, 0.25) is 0 Å². The first-order chi connectivity index (χ1) is 14.3. The molecule has 30 heavy (non-hydrogen) atoms. The van der Waals surface area contributed by atoms with Crippen molar-refractivity contribution in [1.82, 2.24) is 30.3 Å². The van der Waals surface area contributed by atoms with E-state index >= 15 is 0 Å². The van der Waals surface area contributed by atoms with Crippen LogP contribution in [0.3, 0.4) is 0 Å². The Kier molecular flexibility index (Phi) is 9.32. The summed E-state index contributed by atoms with van der Waals surface area (Å²) in [6.45, 7) is 7.23. The van der Waals surface area contributed by atoms with Gasteiger partial charge in [0, 0.05) is 6.54 Å². The van der Waals surface area contributed by atoms with Crippen LogP contribution in [0.4, 0.5) is 4.79 Å². The molecular formula is C21H32N6O2S. The summed E-state index contributed by atoms with van der Waals surface area (Å²) in [5.74, 6) is 0.903. The van der Waals surface area contributed by atoms with Crippen LogP contribution in [-0.4, -0.2) is 58.0 Å². The number of benzene rings is 1. The van der Waals surface area contributed by atoms with E-state index < -0.39 is 6.03 Å². The minimum atomic E-state index is -0.473. The van der Waals surface area contributed by atoms with Gasteiger partial charge in [-0.05, 0) is 32.0 Å². The molecule has 0 fully saturated rings. The van der Waals surface area contributed by atoms with E-state index in [9.17, 15) is 9.59 Å². The van der Waals surface area contributed by atoms with E-state index in [-0.39, 0.29) is 17.7 Å². The Balaban J connectivity index is 2.12. The first-order valence-electron chi connectivity index (χ1n) is 10.2. The predicted molar refractivity (Wildman–Crippen MR) is 119 cm³/mol. The molecule has 8 nitrogen and oxygen atoms in total. The maximum atomic E-state index is 12.2. The highest BCUT2D eigenvalue weighted by Gasteiger charge is 2.22. The molecule has 2 aromatic rings. The Labute approximate surface area is 182 Å². The molecule has 9 heteroatoms. The summed E-state index contributed by atoms with van der Waals surface area (Å²) in [5.41, 5.74) is 1.13. The standard InChI is InChI=1S/C21H32N6O2S/c1-6-17(26(4)5)19-24-25-21(27(19)13-16-10-8-7-9-11-16)30-14-18(28)23-20(29)22-12-15(2)3/h7-11,15,17H,6,12-14H2,1-5H3,(H2,22,23,28,29). The second-order valence-electron chi connectivity index (χ2n) is 7.74. The summed E-state index contributed by atoms with van der Waals surface area (Å²) in [5, 5.41) is 14.5. The Morgan fingerprint density at radius 1 is 1.17 bits per heavy atom. The highest BCUT2D eigenvalue weighted by Crippen LogP contribution is 2.26. The number of nitrogens with one attached hydrogen (secondary N) is 2. The minimum Gasteiger partial charge on any atom is -0.338 e. The van der Waals surface area contributed by atoms with Crippen molar-refractivity contribution >= 4 is 23.7 Å². The first-order valence-corrected chi connectivity index (χ1v) is 11.1. The molecule has 0 aliphatic carbocycles. The molecular weight excluding hydrogens is 400 g/mol. The van der Waals surface area contributed by atoms with Crippen LogP contribution in [0.1, 0.15) is 44.6 Å². The Morgan fingerprint density at radius 2 is 1.87 bits per heavy atom. The lowest BCUT2D eigenvalue weighted by Crippen LogP contribution is -2.41. The second kappa shape index (κ2) is 11.7. The fraction of sp³-hybridized carbons (Fsp3) is 0.524. The third kappa shape index (κ3) is 7.14. The van der Waals surface area contributed by atoms with Crippen molar-refractivity contribution < 1.29 is 9.59 Å². The number of imide groups is 1. The number of thioether (sulfide) groups is 1. The fourth-order valence-corrected chi connectivity index (χ4v) is 3.73. The van der Waals surface area contributed by atoms with Gasteiger partial charge < -0.3 is 9.88 Å². The lowest BCUT2D eigenvalue weighted by Gasteiger charge is -2.23. The quantitative estimate of drug-likeness (QED) is 0.561. The predicted octanol–water partition coefficient (Wildman–Crippen LogP) is 2.91. The van der Waals surface area contributed by atoms with Crippen LogP contribution in [0.15, 0.2) is 35.5 Å². The Bertz CT molecular complexity index is 822. The summed E-state index contributed by atoms with van der Waals surface area (Å²) in [6, 6.07) is 9.74. The molecule has 0 bridgehead atoms. The molecule has 0 saturated heterocycles. The minimum absolute atomic E-state index is 0.0841. The third-order valence-corrected chi connectivity index (χ3v) is 5.46. The number of nitrogens with zero attached hydrogens (tertiary/aromatic N) is 4. The molecule has 164 valence electrons. The van der Waals surface area contributed by atoms with Crippen LogP contribution in [-0.2, 0) is 11.3 Å². The smallest absolute Gasteiger partial charge is 0.321 e. The van der Waals surface area contributed by atoms with Crippen molar-refractivity contribution in [3.8, 4) is 0 Å². The number of carbonyl (C=O) groups is 2. The van der Waals surface area contributed by atoms with Gasteiger partial charge in [0.1, 0.15) is 0 Å². The van der Waals surface area contributed by atoms with E-state index in [0.29, 0.717) is 24.2 Å². The van der Waals surface area contributed by atoms with E-state index in [1.165, 1.54) is 11.8 Å². The molecule has 3 amide bonds. The number of hydrogen-bond acceptors (Lipinski definition) is 6. The number of aromatic nitrogens is 3. The van der Waals surface area contributed by atoms with Gasteiger partial charge in [-0.25, -0.2) is 4.79 Å². The number of amides is 3. The normalized spacial score (nSPS) is 12.2. The van der Waals surface area contributed by atoms with Crippen LogP contribution in [0.5, 0.6) is 0 Å². The van der Waals surface area contributed by atoms with Crippen molar-refractivity contribution in [1.29, 1.82) is 0 Å². The van der Waals surface area contributed by atoms with E-state index in [2.05, 4.69) is 49.4 Å². The molecule has 1 heterocycles. The zero-order valence-corrected chi connectivity index (χ0v) is 19.2. The van der Waals surface area contributed by atoms with Gasteiger partial charge in [-0.2, -0.15) is 0 Å². The second-order valence-corrected chi connectivity index (χ2v) is 8.68. The maximum absolute atomic E-state index is 12.2. The average molecular weight is 433 g/mol. The SMILES string of the molecule is CCC(c1nnc(SCC(=O)NC(=O)NCC(C)C)n1Cc1ccccc1)N(C)C. The molecule has 1 atom stereocenters. The fourth-order valence-electron chi connectivity index (χ4n) is 2.98. The largest absolute Gasteiger partial charge is 0.338 e. The summed E-state index contributed by atoms with van der Waals surface area (Å²) in [4.78, 5) is 26.1. The van der Waals surface area contributed by atoms with Crippen molar-refractivity contribution in [2.24, 2.45) is 5.92 Å². The summed E-state index contributed by atoms with van der Waals surface area (Å²) >= 11 is 1.28. The van der Waals surface area contributed by atoms with Gasteiger partial charge in [0.25, 0.3) is 0 Å². The monoisotopic (exact) mass is 432 g/mol. The van der Waals surface area contributed by atoms with Gasteiger partial charge in [-0.3, -0.25) is 15.0 Å². The van der Waals surface area contributed by atoms with Crippen molar-refractivity contribution in [3.63, 3.8) is 0 Å². The molecule has 0 saturated carbocycles. The maximum Gasteiger partial charge on any atom is 0.321 e. The lowest BCUT2D eigenvalue weighted by molar-refractivity contribution is -0.117. The van der Waals surface area contributed by atoms with Crippen molar-refractivity contribution in [3.05, 3.63) is 41.7 Å². The van der Waals surface area contributed by atoms with E-state index in [0.717, 1.165) is 17.8 Å². The molecule has 2 rings (SSSR count). The molecule has 2 N–H and O–H groups in total. The first kappa shape index (κ1) is 23.9. The molecule has 0 radical (unpaired) electrons. The summed E-state index contributed by atoms with van der Waals surface area (Å²) in [6.07, 6.45) is 0.890. The van der Waals surface area contributed by atoms with Crippen LogP contribution in [0, 0.1) is 5.92 Å². The molecule has 0 aliphatic heterocycles. The van der Waals surface area contributed by atoms with Gasteiger partial charge in [0.2, 0.25) is 5.91 Å². The van der Waals surface area contributed by atoms with Crippen LogP contribution in [0.25, 0.3) is 0 Å². The van der Waals surface area contributed by atoms with Crippen LogP contribution < -0.4 is 10.6 Å². The van der Waals surface area contributed by atoms with Gasteiger partial charge in [0.15, 0.2) is 11.0 Å². The molecule has 0 spiro atoms. The highest BCUT2D eigenvalue weighted by molar-refractivity contribution is 7.99. The Morgan fingerprint density at radius 3 is 2.47 bits per heavy atom. The lowest BCUT2D eigenvalue weighted by atomic mass is 10.2. The van der Waals surface area contributed by atoms with E-state index in [4.69, 9.17) is 0 Å². The zero-order chi connectivity index (χ0) is 22.1. The number of rotatable bonds is 10. The van der Waals surface area contributed by atoms with Crippen molar-refractivity contribution in [2.75, 3.05) is 26.4 Å². The summed E-state index contributed by atoms with van der Waals surface area (Å²) in [7, 11) is 4.04. The van der Waals surface area contributed by atoms with E-state index in [1.807, 2.05) is 46.1 Å². The van der Waals surface area contributed by atoms with Gasteiger partial charge >= 0.3 is 6.03 Å². The van der Waals surface area contributed by atoms with Crippen molar-refractivity contribution in [2.45, 2.75) is 44.9 Å². The van der Waals surface area contributed by atoms with Gasteiger partial charge in [-0.15, -0.1) is 10.2 Å². The van der Waals surface area contributed by atoms with Gasteiger partial charge in [0.05, 0.1) is 18.3 Å². The topological polar surface area (TPSA) is 92.1 Å². The molecule has 1 aromatic carbocycles. The summed E-state index contributed by atoms with van der Waals surface area (Å²) < 4.78 is 2.06. The number of carbonyl (C=O) groups excluding carboxylic acids is 2.